The molecule has 0 aromatic heterocycles. The summed E-state index contributed by atoms with van der Waals surface area (Å²) in [5.74, 6) is -0.495. The minimum absolute atomic E-state index is 0.0509. The fraction of sp³-hybridized carbons (Fsp3) is 0.500. The molecule has 1 saturated heterocycles. The lowest BCUT2D eigenvalue weighted by atomic mass is 10.2. The van der Waals surface area contributed by atoms with Gasteiger partial charge in [-0.15, -0.1) is 0 Å². The molecule has 1 fully saturated rings. The topological polar surface area (TPSA) is 114 Å². The summed E-state index contributed by atoms with van der Waals surface area (Å²) in [6.07, 6.45) is 0.990. The number of amides is 2. The lowest BCUT2D eigenvalue weighted by Crippen LogP contribution is -2.46. The maximum Gasteiger partial charge on any atom is 0.262 e. The molecule has 0 spiro atoms. The van der Waals surface area contributed by atoms with Crippen molar-refractivity contribution in [2.75, 3.05) is 38.7 Å². The molecule has 11 heteroatoms. The van der Waals surface area contributed by atoms with Gasteiger partial charge in [-0.3, -0.25) is 9.59 Å². The van der Waals surface area contributed by atoms with Crippen LogP contribution in [0.4, 0.5) is 5.69 Å². The van der Waals surface area contributed by atoms with Crippen molar-refractivity contribution in [3.63, 3.8) is 0 Å². The number of hydrogen-bond acceptors (Lipinski definition) is 6. The number of anilines is 1. The number of nitrogens with zero attached hydrogens (tertiary/aromatic N) is 1. The first-order valence-corrected chi connectivity index (χ1v) is 10.2. The average molecular weight is 418 g/mol. The van der Waals surface area contributed by atoms with Crippen LogP contribution < -0.4 is 15.4 Å². The highest BCUT2D eigenvalue weighted by Gasteiger charge is 2.40. The number of rotatable bonds is 6. The minimum atomic E-state index is -4.02. The minimum Gasteiger partial charge on any atom is -0.482 e. The standard InChI is InChI=1S/C16H20ClN3O6S/c1-25-6-4-18-16(22)12-3-2-5-20(12)27(23,24)14-8-13-11(7-10(14)17)19-15(21)9-26-13/h7-8,12H,2-6,9H2,1H3,(H,18,22)(H,19,21)/t12-/m0/s1. The molecule has 0 saturated carbocycles. The zero-order valence-electron chi connectivity index (χ0n) is 14.7. The van der Waals surface area contributed by atoms with Crippen LogP contribution in [0, 0.1) is 0 Å². The van der Waals surface area contributed by atoms with Crippen molar-refractivity contribution in [1.29, 1.82) is 0 Å². The van der Waals surface area contributed by atoms with Crippen LogP contribution in [0.15, 0.2) is 17.0 Å². The summed E-state index contributed by atoms with van der Waals surface area (Å²) in [5, 5.41) is 5.19. The lowest BCUT2D eigenvalue weighted by molar-refractivity contribution is -0.124. The first-order valence-electron chi connectivity index (χ1n) is 8.39. The third-order valence-corrected chi connectivity index (χ3v) is 6.74. The molecular formula is C16H20ClN3O6S. The summed E-state index contributed by atoms with van der Waals surface area (Å²) in [6.45, 7) is 0.649. The van der Waals surface area contributed by atoms with Crippen LogP contribution in [0.3, 0.4) is 0 Å². The third-order valence-electron chi connectivity index (χ3n) is 4.37. The van der Waals surface area contributed by atoms with Gasteiger partial charge in [-0.1, -0.05) is 11.6 Å². The highest BCUT2D eigenvalue weighted by Crippen LogP contribution is 2.38. The van der Waals surface area contributed by atoms with E-state index >= 15 is 0 Å². The van der Waals surface area contributed by atoms with Crippen molar-refractivity contribution in [2.24, 2.45) is 0 Å². The first kappa shape index (κ1) is 19.9. The number of sulfonamides is 1. The van der Waals surface area contributed by atoms with E-state index in [4.69, 9.17) is 21.1 Å². The Bertz CT molecular complexity index is 860. The van der Waals surface area contributed by atoms with Gasteiger partial charge in [0.25, 0.3) is 5.91 Å². The Hall–Kier alpha value is -1.88. The smallest absolute Gasteiger partial charge is 0.262 e. The zero-order chi connectivity index (χ0) is 19.6. The van der Waals surface area contributed by atoms with Gasteiger partial charge in [-0.25, -0.2) is 8.42 Å². The Kier molecular flexibility index (Phi) is 5.89. The van der Waals surface area contributed by atoms with Crippen LogP contribution in [-0.2, 0) is 24.3 Å². The van der Waals surface area contributed by atoms with Crippen LogP contribution in [0.2, 0.25) is 5.02 Å². The Morgan fingerprint density at radius 3 is 3.00 bits per heavy atom. The van der Waals surface area contributed by atoms with Gasteiger partial charge >= 0.3 is 0 Å². The summed E-state index contributed by atoms with van der Waals surface area (Å²) >= 11 is 6.17. The van der Waals surface area contributed by atoms with E-state index in [9.17, 15) is 18.0 Å². The maximum absolute atomic E-state index is 13.1. The number of carbonyl (C=O) groups excluding carboxylic acids is 2. The molecule has 148 valence electrons. The Morgan fingerprint density at radius 2 is 2.26 bits per heavy atom. The van der Waals surface area contributed by atoms with Crippen LogP contribution in [0.1, 0.15) is 12.8 Å². The summed E-state index contributed by atoms with van der Waals surface area (Å²) in [7, 11) is -2.51. The summed E-state index contributed by atoms with van der Waals surface area (Å²) < 4.78 is 37.6. The molecule has 2 aliphatic rings. The second-order valence-electron chi connectivity index (χ2n) is 6.17. The second kappa shape index (κ2) is 8.01. The normalized spacial score (nSPS) is 19.9. The highest BCUT2D eigenvalue weighted by molar-refractivity contribution is 7.89. The van der Waals surface area contributed by atoms with Gasteiger partial charge in [0, 0.05) is 26.3 Å². The Labute approximate surface area is 162 Å². The van der Waals surface area contributed by atoms with Crippen molar-refractivity contribution in [2.45, 2.75) is 23.8 Å². The van der Waals surface area contributed by atoms with Crippen molar-refractivity contribution >= 4 is 39.1 Å². The predicted octanol–water partition coefficient (Wildman–Crippen LogP) is 0.587. The van der Waals surface area contributed by atoms with E-state index in [2.05, 4.69) is 10.6 Å². The van der Waals surface area contributed by atoms with Gasteiger partial charge in [0.2, 0.25) is 15.9 Å². The SMILES string of the molecule is COCCNC(=O)[C@@H]1CCCN1S(=O)(=O)c1cc2c(cc1Cl)NC(=O)CO2. The molecule has 2 heterocycles. The summed E-state index contributed by atoms with van der Waals surface area (Å²) in [4.78, 5) is 23.6. The second-order valence-corrected chi connectivity index (χ2v) is 8.44. The molecule has 0 unspecified atom stereocenters. The summed E-state index contributed by atoms with van der Waals surface area (Å²) in [6, 6.07) is 1.81. The summed E-state index contributed by atoms with van der Waals surface area (Å²) in [5.41, 5.74) is 0.311. The molecule has 2 amide bonds. The first-order chi connectivity index (χ1) is 12.8. The molecule has 1 aromatic carbocycles. The maximum atomic E-state index is 13.1. The highest BCUT2D eigenvalue weighted by atomic mass is 35.5. The molecule has 0 aliphatic carbocycles. The van der Waals surface area contributed by atoms with Crippen LogP contribution >= 0.6 is 11.6 Å². The number of ether oxygens (including phenoxy) is 2. The number of methoxy groups -OCH3 is 1. The third kappa shape index (κ3) is 4.03. The number of halogens is 1. The van der Waals surface area contributed by atoms with E-state index in [1.54, 1.807) is 0 Å². The van der Waals surface area contributed by atoms with Crippen molar-refractivity contribution in [3.05, 3.63) is 17.2 Å². The monoisotopic (exact) mass is 417 g/mol. The number of fused-ring (bicyclic) bond motifs is 1. The average Bonchev–Trinajstić information content (AvgIpc) is 3.11. The van der Waals surface area contributed by atoms with E-state index in [0.29, 0.717) is 31.7 Å². The number of carbonyl (C=O) groups is 2. The van der Waals surface area contributed by atoms with Crippen molar-refractivity contribution < 1.29 is 27.5 Å². The van der Waals surface area contributed by atoms with Gasteiger partial charge in [0.15, 0.2) is 6.61 Å². The van der Waals surface area contributed by atoms with Crippen molar-refractivity contribution in [3.8, 4) is 5.75 Å². The molecule has 1 atom stereocenters. The Morgan fingerprint density at radius 1 is 1.48 bits per heavy atom. The predicted molar refractivity (Wildman–Crippen MR) is 97.4 cm³/mol. The number of benzene rings is 1. The van der Waals surface area contributed by atoms with E-state index in [0.717, 1.165) is 4.31 Å². The lowest BCUT2D eigenvalue weighted by Gasteiger charge is -2.25. The van der Waals surface area contributed by atoms with E-state index in [1.165, 1.54) is 19.2 Å². The fourth-order valence-electron chi connectivity index (χ4n) is 3.09. The zero-order valence-corrected chi connectivity index (χ0v) is 16.2. The Balaban J connectivity index is 1.87. The van der Waals surface area contributed by atoms with Crippen LogP contribution in [0.25, 0.3) is 0 Å². The largest absolute Gasteiger partial charge is 0.482 e. The number of hydrogen-bond donors (Lipinski definition) is 2. The van der Waals surface area contributed by atoms with Crippen LogP contribution in [-0.4, -0.2) is 64.0 Å². The van der Waals surface area contributed by atoms with Gasteiger partial charge < -0.3 is 20.1 Å². The molecule has 2 N–H and O–H groups in total. The molecule has 27 heavy (non-hydrogen) atoms. The van der Waals surface area contributed by atoms with Gasteiger partial charge in [-0.2, -0.15) is 4.31 Å². The quantitative estimate of drug-likeness (QED) is 0.655. The molecule has 0 bridgehead atoms. The van der Waals surface area contributed by atoms with Gasteiger partial charge in [0.05, 0.1) is 17.3 Å². The molecule has 9 nitrogen and oxygen atoms in total. The molecule has 2 aliphatic heterocycles. The van der Waals surface area contributed by atoms with Crippen molar-refractivity contribution in [1.82, 2.24) is 9.62 Å². The molecule has 1 aromatic rings. The number of nitrogens with one attached hydrogen (secondary N) is 2. The van der Waals surface area contributed by atoms with E-state index < -0.39 is 16.1 Å². The van der Waals surface area contributed by atoms with Gasteiger partial charge in [-0.05, 0) is 18.9 Å². The fourth-order valence-corrected chi connectivity index (χ4v) is 5.27. The molecular weight excluding hydrogens is 398 g/mol. The molecule has 3 rings (SSSR count). The van der Waals surface area contributed by atoms with E-state index in [-0.39, 0.29) is 40.6 Å². The molecule has 0 radical (unpaired) electrons. The van der Waals surface area contributed by atoms with E-state index in [1.807, 2.05) is 0 Å². The van der Waals surface area contributed by atoms with Gasteiger partial charge in [0.1, 0.15) is 16.7 Å². The van der Waals surface area contributed by atoms with Crippen LogP contribution in [0.5, 0.6) is 5.75 Å².